The average molecular weight is 799 g/mol. The summed E-state index contributed by atoms with van der Waals surface area (Å²) in [6, 6.07) is 22.5. The number of fused-ring (bicyclic) bond motifs is 3. The molecule has 4 heterocycles. The van der Waals surface area contributed by atoms with Gasteiger partial charge in [-0.3, -0.25) is 19.6 Å². The molecular weight excluding hydrogens is 756 g/mol. The van der Waals surface area contributed by atoms with Crippen LogP contribution in [0.5, 0.6) is 28.7 Å². The van der Waals surface area contributed by atoms with Gasteiger partial charge in [0.2, 0.25) is 0 Å². The number of aromatic amines is 2. The summed E-state index contributed by atoms with van der Waals surface area (Å²) in [6.45, 7) is 7.79. The second kappa shape index (κ2) is 17.8. The van der Waals surface area contributed by atoms with Gasteiger partial charge >= 0.3 is 0 Å². The van der Waals surface area contributed by atoms with Gasteiger partial charge in [0.15, 0.2) is 34.6 Å². The molecule has 0 amide bonds. The SMILES string of the molecule is CC.COc1cc2c(=O)[nH]c(Cc3ccc4c(C)cccc4n3)nc2cc1O.COc1cc2nc(Cc3ccc(-c4cc(C)cc(F)c4O)nc3)[nH]c(=O)c2cc1OC. The van der Waals surface area contributed by atoms with Crippen molar-refractivity contribution >= 4 is 32.7 Å². The first-order chi connectivity index (χ1) is 28.4. The summed E-state index contributed by atoms with van der Waals surface area (Å²) >= 11 is 0. The number of hydrogen-bond acceptors (Lipinski definition) is 11. The van der Waals surface area contributed by atoms with Crippen molar-refractivity contribution in [3.63, 3.8) is 0 Å². The largest absolute Gasteiger partial charge is 0.504 e. The lowest BCUT2D eigenvalue weighted by molar-refractivity contribution is 0.355. The Balaban J connectivity index is 0.000000193. The van der Waals surface area contributed by atoms with Gasteiger partial charge in [-0.25, -0.2) is 14.4 Å². The van der Waals surface area contributed by atoms with Gasteiger partial charge < -0.3 is 34.4 Å². The molecule has 0 fully saturated rings. The molecule has 8 rings (SSSR count). The third-order valence-electron chi connectivity index (χ3n) is 9.35. The molecule has 59 heavy (non-hydrogen) atoms. The number of methoxy groups -OCH3 is 3. The Morgan fingerprint density at radius 1 is 0.661 bits per heavy atom. The zero-order chi connectivity index (χ0) is 42.4. The van der Waals surface area contributed by atoms with Gasteiger partial charge in [-0.2, -0.15) is 0 Å². The Hall–Kier alpha value is -7.35. The van der Waals surface area contributed by atoms with Crippen LogP contribution in [0.15, 0.2) is 94.6 Å². The summed E-state index contributed by atoms with van der Waals surface area (Å²) < 4.78 is 29.4. The molecule has 4 aromatic carbocycles. The van der Waals surface area contributed by atoms with Gasteiger partial charge in [0.05, 0.1) is 54.3 Å². The Morgan fingerprint density at radius 2 is 1.29 bits per heavy atom. The number of H-pyrrole nitrogens is 2. The lowest BCUT2D eigenvalue weighted by Gasteiger charge is -2.10. The van der Waals surface area contributed by atoms with Crippen LogP contribution < -0.4 is 25.3 Å². The highest BCUT2D eigenvalue weighted by molar-refractivity contribution is 5.83. The van der Waals surface area contributed by atoms with Crippen molar-refractivity contribution in [2.24, 2.45) is 0 Å². The summed E-state index contributed by atoms with van der Waals surface area (Å²) in [5.74, 6) is 0.949. The molecule has 0 atom stereocenters. The third kappa shape index (κ3) is 8.96. The first-order valence-electron chi connectivity index (χ1n) is 18.7. The van der Waals surface area contributed by atoms with Gasteiger partial charge in [0, 0.05) is 47.8 Å². The van der Waals surface area contributed by atoms with Crippen LogP contribution in [-0.2, 0) is 12.8 Å². The van der Waals surface area contributed by atoms with Crippen LogP contribution in [0.1, 0.15) is 47.9 Å². The summed E-state index contributed by atoms with van der Waals surface area (Å²) in [7, 11) is 4.45. The smallest absolute Gasteiger partial charge is 0.258 e. The highest BCUT2D eigenvalue weighted by atomic mass is 19.1. The van der Waals surface area contributed by atoms with Crippen LogP contribution >= 0.6 is 0 Å². The lowest BCUT2D eigenvalue weighted by atomic mass is 10.1. The fraction of sp³-hybridized carbons (Fsp3) is 0.200. The molecule has 302 valence electrons. The molecular formula is C45H43FN6O7. The van der Waals surface area contributed by atoms with Gasteiger partial charge in [0.1, 0.15) is 11.6 Å². The van der Waals surface area contributed by atoms with E-state index in [1.54, 1.807) is 43.5 Å². The molecule has 4 aromatic heterocycles. The van der Waals surface area contributed by atoms with Gasteiger partial charge in [-0.05, 0) is 73.0 Å². The number of aryl methyl sites for hydroxylation is 2. The van der Waals surface area contributed by atoms with E-state index in [1.165, 1.54) is 45.1 Å². The zero-order valence-electron chi connectivity index (χ0n) is 33.6. The van der Waals surface area contributed by atoms with Crippen molar-refractivity contribution in [3.8, 4) is 40.0 Å². The van der Waals surface area contributed by atoms with Crippen molar-refractivity contribution in [1.29, 1.82) is 0 Å². The predicted molar refractivity (Wildman–Crippen MR) is 226 cm³/mol. The Labute approximate surface area is 338 Å². The van der Waals surface area contributed by atoms with Crippen molar-refractivity contribution in [2.45, 2.75) is 40.5 Å². The second-order valence-electron chi connectivity index (χ2n) is 13.3. The van der Waals surface area contributed by atoms with E-state index in [-0.39, 0.29) is 22.6 Å². The van der Waals surface area contributed by atoms with Crippen LogP contribution in [0, 0.1) is 19.7 Å². The molecule has 8 aromatic rings. The van der Waals surface area contributed by atoms with E-state index < -0.39 is 11.6 Å². The van der Waals surface area contributed by atoms with Crippen molar-refractivity contribution in [1.82, 2.24) is 29.9 Å². The first kappa shape index (κ1) is 41.3. The number of phenolic OH excluding ortho intramolecular Hbond substituents is 2. The molecule has 0 spiro atoms. The quantitative estimate of drug-likeness (QED) is 0.117. The molecule has 0 aliphatic rings. The van der Waals surface area contributed by atoms with E-state index in [1.807, 2.05) is 51.1 Å². The summed E-state index contributed by atoms with van der Waals surface area (Å²) in [5.41, 5.74) is 5.47. The number of nitrogens with one attached hydrogen (secondary N) is 2. The molecule has 0 bridgehead atoms. The first-order valence-corrected chi connectivity index (χ1v) is 18.7. The number of nitrogens with zero attached hydrogens (tertiary/aromatic N) is 4. The maximum atomic E-state index is 13.8. The maximum absolute atomic E-state index is 13.8. The van der Waals surface area contributed by atoms with Crippen molar-refractivity contribution in [3.05, 3.63) is 146 Å². The van der Waals surface area contributed by atoms with E-state index >= 15 is 0 Å². The fourth-order valence-corrected chi connectivity index (χ4v) is 6.48. The molecule has 4 N–H and O–H groups in total. The number of benzene rings is 4. The molecule has 0 saturated carbocycles. The number of ether oxygens (including phenoxy) is 3. The van der Waals surface area contributed by atoms with E-state index in [9.17, 15) is 24.2 Å². The Bertz CT molecular complexity index is 2930. The third-order valence-corrected chi connectivity index (χ3v) is 9.35. The fourth-order valence-electron chi connectivity index (χ4n) is 6.48. The Morgan fingerprint density at radius 3 is 1.93 bits per heavy atom. The number of aromatic hydroxyl groups is 2. The van der Waals surface area contributed by atoms with Crippen molar-refractivity contribution < 1.29 is 28.8 Å². The van der Waals surface area contributed by atoms with E-state index in [4.69, 9.17) is 14.2 Å². The maximum Gasteiger partial charge on any atom is 0.258 e. The second-order valence-corrected chi connectivity index (χ2v) is 13.3. The minimum Gasteiger partial charge on any atom is -0.504 e. The van der Waals surface area contributed by atoms with Crippen LogP contribution in [0.4, 0.5) is 4.39 Å². The number of pyridine rings is 2. The number of phenols is 2. The molecule has 13 nitrogen and oxygen atoms in total. The average Bonchev–Trinajstić information content (AvgIpc) is 3.23. The number of hydrogen-bond donors (Lipinski definition) is 4. The highest BCUT2D eigenvalue weighted by Gasteiger charge is 2.15. The molecule has 0 saturated heterocycles. The number of halogens is 1. The Kier molecular flexibility index (Phi) is 12.5. The van der Waals surface area contributed by atoms with Gasteiger partial charge in [0.25, 0.3) is 11.1 Å². The topological polar surface area (TPSA) is 185 Å². The minimum absolute atomic E-state index is 0.0524. The minimum atomic E-state index is -0.689. The van der Waals surface area contributed by atoms with E-state index in [2.05, 4.69) is 29.9 Å². The van der Waals surface area contributed by atoms with Crippen LogP contribution in [0.3, 0.4) is 0 Å². The van der Waals surface area contributed by atoms with Crippen LogP contribution in [0.2, 0.25) is 0 Å². The normalized spacial score (nSPS) is 10.8. The van der Waals surface area contributed by atoms with Crippen LogP contribution in [0.25, 0.3) is 44.0 Å². The number of rotatable bonds is 8. The van der Waals surface area contributed by atoms with E-state index in [0.717, 1.165) is 22.2 Å². The molecule has 0 radical (unpaired) electrons. The van der Waals surface area contributed by atoms with E-state index in [0.29, 0.717) is 74.6 Å². The zero-order valence-corrected chi connectivity index (χ0v) is 33.6. The standard InChI is InChI=1S/C23H20FN3O4.C20H17N3O3.C2H6/c1-12-6-14(22(28)16(24)7-12)17-5-4-13(11-25-17)8-21-26-18-10-20(31-3)19(30-2)9-15(18)23(29)27-21;1-11-4-3-5-15-13(11)7-6-12(21-15)8-19-22-16-10-17(24)18(26-2)9-14(16)20(25)23-19;1-2/h4-7,9-11,28H,8H2,1-3H3,(H,26,27,29);3-7,9-10,24H,8H2,1-2H3,(H,22,23,25);1-2H3. The van der Waals surface area contributed by atoms with Crippen molar-refractivity contribution in [2.75, 3.05) is 21.3 Å². The summed E-state index contributed by atoms with van der Waals surface area (Å²) in [5, 5.41) is 21.8. The summed E-state index contributed by atoms with van der Waals surface area (Å²) in [4.78, 5) is 48.4. The van der Waals surface area contributed by atoms with Gasteiger partial charge in [-0.15, -0.1) is 0 Å². The highest BCUT2D eigenvalue weighted by Crippen LogP contribution is 2.33. The van der Waals surface area contributed by atoms with Crippen LogP contribution in [-0.4, -0.2) is 61.4 Å². The number of aromatic nitrogens is 6. The summed E-state index contributed by atoms with van der Waals surface area (Å²) in [6.07, 6.45) is 2.33. The predicted octanol–water partition coefficient (Wildman–Crippen LogP) is 7.86. The van der Waals surface area contributed by atoms with Gasteiger partial charge in [-0.1, -0.05) is 38.1 Å². The molecule has 0 unspecified atom stereocenters. The molecule has 0 aliphatic carbocycles. The molecule has 0 aliphatic heterocycles. The molecule has 14 heteroatoms. The lowest BCUT2D eigenvalue weighted by Crippen LogP contribution is -2.12. The monoisotopic (exact) mass is 798 g/mol.